The molecule has 0 saturated heterocycles. The summed E-state index contributed by atoms with van der Waals surface area (Å²) < 4.78 is 6.47. The van der Waals surface area contributed by atoms with Crippen molar-refractivity contribution in [3.63, 3.8) is 0 Å². The molecule has 0 bridgehead atoms. The van der Waals surface area contributed by atoms with E-state index in [9.17, 15) is 0 Å². The Morgan fingerprint density at radius 2 is 0.864 bits per heavy atom. The predicted octanol–water partition coefficient (Wildman–Crippen LogP) is 14.9. The lowest BCUT2D eigenvalue weighted by Crippen LogP contribution is -2.00. The Hall–Kier alpha value is -7.69. The van der Waals surface area contributed by atoms with Gasteiger partial charge in [0, 0.05) is 27.5 Å². The highest BCUT2D eigenvalue weighted by molar-refractivity contribution is 6.12. The zero-order chi connectivity index (χ0) is 39.7. The van der Waals surface area contributed by atoms with Crippen LogP contribution >= 0.6 is 0 Å². The smallest absolute Gasteiger partial charge is 0.164 e. The molecule has 2 aromatic heterocycles. The van der Waals surface area contributed by atoms with Crippen molar-refractivity contribution in [3.8, 4) is 78.7 Å². The van der Waals surface area contributed by atoms with Crippen molar-refractivity contribution in [1.29, 1.82) is 0 Å². The second-order valence-electron chi connectivity index (χ2n) is 14.8. The van der Waals surface area contributed by atoms with Crippen LogP contribution < -0.4 is 0 Å². The molecule has 0 aliphatic carbocycles. The first kappa shape index (κ1) is 35.7. The average Bonchev–Trinajstić information content (AvgIpc) is 3.70. The number of hydrogen-bond donors (Lipinski definition) is 0. The molecule has 280 valence electrons. The molecule has 4 nitrogen and oxygen atoms in total. The van der Waals surface area contributed by atoms with Crippen LogP contribution in [-0.2, 0) is 0 Å². The minimum absolute atomic E-state index is 0.592. The standard InChI is InChI=1S/C55H39N3O/c1-3-36(2)48-34-44(30-32-46(48)41-16-9-5-10-17-41)39-22-24-40(25-23-39)45-31-33-50-49(35-45)52-47(20-13-21-51(52)59-50)55-57-53(42-18-11-6-12-19-42)56-54(58-55)43-28-26-38(27-29-43)37-14-7-4-8-15-37/h3-35H,1-2H3/b36-3+. The number of allylic oxidation sites excluding steroid dienone is 2. The molecule has 10 rings (SSSR count). The fourth-order valence-corrected chi connectivity index (χ4v) is 7.91. The molecule has 4 heteroatoms. The Kier molecular flexibility index (Phi) is 9.28. The third-order valence-corrected chi connectivity index (χ3v) is 11.2. The number of fused-ring (bicyclic) bond motifs is 3. The van der Waals surface area contributed by atoms with Gasteiger partial charge in [-0.25, -0.2) is 15.0 Å². The number of benzene rings is 8. The van der Waals surface area contributed by atoms with Crippen molar-refractivity contribution in [3.05, 3.63) is 206 Å². The van der Waals surface area contributed by atoms with Gasteiger partial charge >= 0.3 is 0 Å². The fraction of sp³-hybridized carbons (Fsp3) is 0.0364. The molecule has 0 atom stereocenters. The van der Waals surface area contributed by atoms with Gasteiger partial charge in [0.25, 0.3) is 0 Å². The maximum absolute atomic E-state index is 6.47. The summed E-state index contributed by atoms with van der Waals surface area (Å²) in [6.45, 7) is 4.28. The number of nitrogens with zero attached hydrogens (tertiary/aromatic N) is 3. The van der Waals surface area contributed by atoms with Gasteiger partial charge in [-0.2, -0.15) is 0 Å². The van der Waals surface area contributed by atoms with Crippen molar-refractivity contribution < 1.29 is 4.42 Å². The average molecular weight is 758 g/mol. The summed E-state index contributed by atoms with van der Waals surface area (Å²) in [4.78, 5) is 15.2. The summed E-state index contributed by atoms with van der Waals surface area (Å²) in [6, 6.07) is 67.7. The maximum Gasteiger partial charge on any atom is 0.164 e. The van der Waals surface area contributed by atoms with Crippen molar-refractivity contribution in [1.82, 2.24) is 15.0 Å². The molecular formula is C55H39N3O. The monoisotopic (exact) mass is 757 g/mol. The quantitative estimate of drug-likeness (QED) is 0.155. The zero-order valence-electron chi connectivity index (χ0n) is 32.8. The van der Waals surface area contributed by atoms with Crippen LogP contribution in [0.3, 0.4) is 0 Å². The molecule has 0 radical (unpaired) electrons. The summed E-state index contributed by atoms with van der Waals surface area (Å²) in [5, 5.41) is 1.98. The Morgan fingerprint density at radius 1 is 0.390 bits per heavy atom. The number of hydrogen-bond acceptors (Lipinski definition) is 4. The van der Waals surface area contributed by atoms with Gasteiger partial charge in [0.15, 0.2) is 17.5 Å². The van der Waals surface area contributed by atoms with Crippen LogP contribution in [0.1, 0.15) is 19.4 Å². The van der Waals surface area contributed by atoms with Gasteiger partial charge in [0.1, 0.15) is 11.2 Å². The summed E-state index contributed by atoms with van der Waals surface area (Å²) in [6.07, 6.45) is 2.18. The van der Waals surface area contributed by atoms with Gasteiger partial charge in [-0.05, 0) is 93.8 Å². The Morgan fingerprint density at radius 3 is 1.49 bits per heavy atom. The summed E-state index contributed by atoms with van der Waals surface area (Å²) in [5.41, 5.74) is 16.2. The summed E-state index contributed by atoms with van der Waals surface area (Å²) >= 11 is 0. The minimum Gasteiger partial charge on any atom is -0.456 e. The van der Waals surface area contributed by atoms with E-state index in [1.165, 1.54) is 33.4 Å². The largest absolute Gasteiger partial charge is 0.456 e. The molecule has 0 fully saturated rings. The van der Waals surface area contributed by atoms with E-state index in [1.54, 1.807) is 0 Å². The van der Waals surface area contributed by atoms with Crippen LogP contribution in [0.5, 0.6) is 0 Å². The molecule has 0 unspecified atom stereocenters. The molecule has 0 aliphatic rings. The molecule has 8 aromatic carbocycles. The van der Waals surface area contributed by atoms with E-state index in [1.807, 2.05) is 48.5 Å². The maximum atomic E-state index is 6.47. The van der Waals surface area contributed by atoms with E-state index in [4.69, 9.17) is 19.4 Å². The molecular weight excluding hydrogens is 719 g/mol. The molecule has 59 heavy (non-hydrogen) atoms. The van der Waals surface area contributed by atoms with E-state index in [0.29, 0.717) is 17.5 Å². The van der Waals surface area contributed by atoms with E-state index in [-0.39, 0.29) is 0 Å². The second kappa shape index (κ2) is 15.3. The first-order valence-corrected chi connectivity index (χ1v) is 20.0. The van der Waals surface area contributed by atoms with Crippen molar-refractivity contribution >= 4 is 27.5 Å². The normalized spacial score (nSPS) is 11.7. The zero-order valence-corrected chi connectivity index (χ0v) is 32.8. The molecule has 10 aromatic rings. The Labute approximate surface area is 343 Å². The third kappa shape index (κ3) is 6.91. The first-order chi connectivity index (χ1) is 29.1. The third-order valence-electron chi connectivity index (χ3n) is 11.2. The summed E-state index contributed by atoms with van der Waals surface area (Å²) in [5.74, 6) is 1.82. The van der Waals surface area contributed by atoms with Gasteiger partial charge in [-0.15, -0.1) is 0 Å². The minimum atomic E-state index is 0.592. The van der Waals surface area contributed by atoms with Gasteiger partial charge < -0.3 is 4.42 Å². The van der Waals surface area contributed by atoms with Crippen LogP contribution in [0.15, 0.2) is 205 Å². The first-order valence-electron chi connectivity index (χ1n) is 20.0. The summed E-state index contributed by atoms with van der Waals surface area (Å²) in [7, 11) is 0. The highest BCUT2D eigenvalue weighted by atomic mass is 16.3. The van der Waals surface area contributed by atoms with Gasteiger partial charge in [-0.3, -0.25) is 0 Å². The predicted molar refractivity (Wildman–Crippen MR) is 244 cm³/mol. The molecule has 0 amide bonds. The topological polar surface area (TPSA) is 51.8 Å². The van der Waals surface area contributed by atoms with Crippen molar-refractivity contribution in [2.24, 2.45) is 0 Å². The molecule has 0 N–H and O–H groups in total. The van der Waals surface area contributed by atoms with Crippen LogP contribution in [0.4, 0.5) is 0 Å². The molecule has 0 saturated carbocycles. The molecule has 2 heterocycles. The highest BCUT2D eigenvalue weighted by Crippen LogP contribution is 2.39. The molecule has 0 aliphatic heterocycles. The van der Waals surface area contributed by atoms with E-state index >= 15 is 0 Å². The van der Waals surface area contributed by atoms with Crippen molar-refractivity contribution in [2.75, 3.05) is 0 Å². The second-order valence-corrected chi connectivity index (χ2v) is 14.8. The van der Waals surface area contributed by atoms with Gasteiger partial charge in [0.05, 0.1) is 0 Å². The van der Waals surface area contributed by atoms with Gasteiger partial charge in [0.2, 0.25) is 0 Å². The lowest BCUT2D eigenvalue weighted by Gasteiger charge is -2.14. The van der Waals surface area contributed by atoms with Crippen LogP contribution in [0.25, 0.3) is 106 Å². The fourth-order valence-electron chi connectivity index (χ4n) is 7.91. The van der Waals surface area contributed by atoms with Crippen LogP contribution in [0, 0.1) is 0 Å². The van der Waals surface area contributed by atoms with E-state index < -0.39 is 0 Å². The van der Waals surface area contributed by atoms with Gasteiger partial charge in [-0.1, -0.05) is 176 Å². The van der Waals surface area contributed by atoms with E-state index in [2.05, 4.69) is 166 Å². The number of furan rings is 1. The van der Waals surface area contributed by atoms with Crippen molar-refractivity contribution in [2.45, 2.75) is 13.8 Å². The Balaban J connectivity index is 1.04. The number of rotatable bonds is 8. The SMILES string of the molecule is C/C=C(\C)c1cc(-c2ccc(-c3ccc4oc5cccc(-c6nc(-c7ccccc7)nc(-c7ccc(-c8ccccc8)cc7)n6)c5c4c3)cc2)ccc1-c1ccccc1. The molecule has 0 spiro atoms. The van der Waals surface area contributed by atoms with Crippen LogP contribution in [0.2, 0.25) is 0 Å². The Bertz CT molecular complexity index is 3130. The lowest BCUT2D eigenvalue weighted by atomic mass is 9.91. The van der Waals surface area contributed by atoms with Crippen LogP contribution in [-0.4, -0.2) is 15.0 Å². The highest BCUT2D eigenvalue weighted by Gasteiger charge is 2.19. The number of aromatic nitrogens is 3. The lowest BCUT2D eigenvalue weighted by molar-refractivity contribution is 0.669. The van der Waals surface area contributed by atoms with E-state index in [0.717, 1.165) is 60.9 Å².